The van der Waals surface area contributed by atoms with Gasteiger partial charge in [-0.2, -0.15) is 0 Å². The Hall–Kier alpha value is -2.17. The molecule has 144 valence electrons. The number of nitrogens with one attached hydrogen (secondary N) is 1. The Labute approximate surface area is 170 Å². The van der Waals surface area contributed by atoms with Crippen LogP contribution in [0.4, 0.5) is 0 Å². The van der Waals surface area contributed by atoms with Crippen LogP contribution in [0.1, 0.15) is 17.0 Å². The van der Waals surface area contributed by atoms with Crippen LogP contribution in [0.15, 0.2) is 78.9 Å². The van der Waals surface area contributed by atoms with Crippen LogP contribution in [-0.4, -0.2) is 37.0 Å². The summed E-state index contributed by atoms with van der Waals surface area (Å²) >= 11 is 6.09. The zero-order chi connectivity index (χ0) is 19.3. The molecule has 4 rings (SSSR count). The summed E-state index contributed by atoms with van der Waals surface area (Å²) in [6.45, 7) is 2.08. The first kappa shape index (κ1) is 19.2. The van der Waals surface area contributed by atoms with Crippen molar-refractivity contribution in [3.8, 4) is 11.1 Å². The Morgan fingerprint density at radius 2 is 1.64 bits per heavy atom. The molecule has 1 fully saturated rings. The van der Waals surface area contributed by atoms with Gasteiger partial charge >= 0.3 is 0 Å². The second-order valence-electron chi connectivity index (χ2n) is 7.09. The van der Waals surface area contributed by atoms with Crippen LogP contribution in [0.5, 0.6) is 0 Å². The maximum atomic E-state index is 11.4. The lowest BCUT2D eigenvalue weighted by molar-refractivity contribution is -0.0576. The summed E-state index contributed by atoms with van der Waals surface area (Å²) in [5, 5.41) is 15.4. The summed E-state index contributed by atoms with van der Waals surface area (Å²) in [6.07, 6.45) is -0.916. The Kier molecular flexibility index (Phi) is 6.08. The molecule has 28 heavy (non-hydrogen) atoms. The van der Waals surface area contributed by atoms with E-state index in [0.29, 0.717) is 18.2 Å². The van der Waals surface area contributed by atoms with Crippen LogP contribution in [0.25, 0.3) is 11.1 Å². The number of benzene rings is 3. The lowest BCUT2D eigenvalue weighted by Crippen LogP contribution is -2.47. The fourth-order valence-corrected chi connectivity index (χ4v) is 4.03. The molecule has 3 atom stereocenters. The normalized spacial score (nSPS) is 19.1. The van der Waals surface area contributed by atoms with E-state index in [9.17, 15) is 5.11 Å². The maximum Gasteiger partial charge on any atom is 0.0967 e. The first-order valence-electron chi connectivity index (χ1n) is 9.64. The van der Waals surface area contributed by atoms with E-state index in [4.69, 9.17) is 16.3 Å². The third-order valence-electron chi connectivity index (χ3n) is 5.29. The fourth-order valence-electron chi connectivity index (χ4n) is 3.90. The molecule has 0 bridgehead atoms. The van der Waals surface area contributed by atoms with Gasteiger partial charge in [-0.1, -0.05) is 78.3 Å². The average molecular weight is 394 g/mol. The van der Waals surface area contributed by atoms with Crippen LogP contribution in [0.3, 0.4) is 0 Å². The van der Waals surface area contributed by atoms with Crippen LogP contribution in [0.2, 0.25) is 5.02 Å². The van der Waals surface area contributed by atoms with Crippen molar-refractivity contribution in [1.29, 1.82) is 0 Å². The quantitative estimate of drug-likeness (QED) is 0.671. The van der Waals surface area contributed by atoms with Gasteiger partial charge in [-0.3, -0.25) is 0 Å². The van der Waals surface area contributed by atoms with Gasteiger partial charge in [0, 0.05) is 24.0 Å². The summed E-state index contributed by atoms with van der Waals surface area (Å²) in [5.74, 6) is -0.196. The third kappa shape index (κ3) is 4.13. The lowest BCUT2D eigenvalue weighted by Gasteiger charge is -2.34. The highest BCUT2D eigenvalue weighted by atomic mass is 35.5. The van der Waals surface area contributed by atoms with Crippen molar-refractivity contribution >= 4 is 11.6 Å². The molecular weight excluding hydrogens is 370 g/mol. The molecule has 0 aromatic heterocycles. The van der Waals surface area contributed by atoms with E-state index in [1.54, 1.807) is 0 Å². The molecule has 3 aromatic rings. The monoisotopic (exact) mass is 393 g/mol. The van der Waals surface area contributed by atoms with Crippen molar-refractivity contribution in [1.82, 2.24) is 5.32 Å². The molecule has 1 aliphatic heterocycles. The highest BCUT2D eigenvalue weighted by Gasteiger charge is 2.33. The number of aliphatic hydroxyl groups is 1. The van der Waals surface area contributed by atoms with Gasteiger partial charge in [0.2, 0.25) is 0 Å². The SMILES string of the molecule is OC(C1CNCCO1)C(c1ccccc1)c1ccccc1-c1ccc(Cl)cc1. The van der Waals surface area contributed by atoms with Gasteiger partial charge in [-0.25, -0.2) is 0 Å². The predicted octanol–water partition coefficient (Wildman–Crippen LogP) is 4.49. The van der Waals surface area contributed by atoms with E-state index >= 15 is 0 Å². The molecule has 0 amide bonds. The molecule has 3 nitrogen and oxygen atoms in total. The van der Waals surface area contributed by atoms with Crippen LogP contribution in [0, 0.1) is 0 Å². The summed E-state index contributed by atoms with van der Waals surface area (Å²) < 4.78 is 5.90. The van der Waals surface area contributed by atoms with E-state index < -0.39 is 6.10 Å². The highest BCUT2D eigenvalue weighted by Crippen LogP contribution is 2.37. The molecule has 0 spiro atoms. The molecular formula is C24H24ClNO2. The van der Waals surface area contributed by atoms with E-state index in [0.717, 1.165) is 28.8 Å². The zero-order valence-corrected chi connectivity index (χ0v) is 16.3. The Bertz CT molecular complexity index is 892. The Morgan fingerprint density at radius 1 is 0.929 bits per heavy atom. The van der Waals surface area contributed by atoms with Crippen molar-refractivity contribution in [3.63, 3.8) is 0 Å². The second-order valence-corrected chi connectivity index (χ2v) is 7.52. The van der Waals surface area contributed by atoms with Gasteiger partial charge in [-0.05, 0) is 34.4 Å². The first-order chi connectivity index (χ1) is 13.7. The minimum absolute atomic E-state index is 0.196. The number of rotatable bonds is 5. The van der Waals surface area contributed by atoms with Gasteiger partial charge in [0.25, 0.3) is 0 Å². The molecule has 0 radical (unpaired) electrons. The van der Waals surface area contributed by atoms with Crippen LogP contribution in [-0.2, 0) is 4.74 Å². The molecule has 1 heterocycles. The van der Waals surface area contributed by atoms with Gasteiger partial charge in [-0.15, -0.1) is 0 Å². The van der Waals surface area contributed by atoms with E-state index in [1.165, 1.54) is 0 Å². The van der Waals surface area contributed by atoms with Crippen molar-refractivity contribution in [2.24, 2.45) is 0 Å². The van der Waals surface area contributed by atoms with Gasteiger partial charge in [0.05, 0.1) is 18.8 Å². The average Bonchev–Trinajstić information content (AvgIpc) is 2.76. The summed E-state index contributed by atoms with van der Waals surface area (Å²) in [7, 11) is 0. The number of hydrogen-bond acceptors (Lipinski definition) is 3. The van der Waals surface area contributed by atoms with E-state index in [1.807, 2.05) is 54.6 Å². The topological polar surface area (TPSA) is 41.5 Å². The smallest absolute Gasteiger partial charge is 0.0967 e. The lowest BCUT2D eigenvalue weighted by atomic mass is 9.80. The number of aliphatic hydroxyl groups excluding tert-OH is 1. The minimum Gasteiger partial charge on any atom is -0.389 e. The molecule has 3 unspecified atom stereocenters. The Morgan fingerprint density at radius 3 is 2.36 bits per heavy atom. The standard InChI is InChI=1S/C24H24ClNO2/c25-19-12-10-17(11-13-19)20-8-4-5-9-21(20)23(18-6-2-1-3-7-18)24(27)22-16-26-14-15-28-22/h1-13,22-24,26-27H,14-16H2. The number of halogens is 1. The highest BCUT2D eigenvalue weighted by molar-refractivity contribution is 6.30. The molecule has 2 N–H and O–H groups in total. The molecule has 0 saturated carbocycles. The maximum absolute atomic E-state index is 11.4. The minimum atomic E-state index is -0.663. The van der Waals surface area contributed by atoms with Crippen molar-refractivity contribution in [2.75, 3.05) is 19.7 Å². The zero-order valence-electron chi connectivity index (χ0n) is 15.6. The van der Waals surface area contributed by atoms with Crippen LogP contribution >= 0.6 is 11.6 Å². The van der Waals surface area contributed by atoms with Crippen molar-refractivity contribution in [3.05, 3.63) is 95.0 Å². The van der Waals surface area contributed by atoms with Gasteiger partial charge in [0.1, 0.15) is 0 Å². The third-order valence-corrected chi connectivity index (χ3v) is 5.54. The van der Waals surface area contributed by atoms with E-state index in [2.05, 4.69) is 29.6 Å². The Balaban J connectivity index is 1.80. The molecule has 1 saturated heterocycles. The summed E-state index contributed by atoms with van der Waals surface area (Å²) in [4.78, 5) is 0. The van der Waals surface area contributed by atoms with Crippen molar-refractivity contribution in [2.45, 2.75) is 18.1 Å². The van der Waals surface area contributed by atoms with Crippen LogP contribution < -0.4 is 5.32 Å². The molecule has 1 aliphatic rings. The number of hydrogen-bond donors (Lipinski definition) is 2. The number of morpholine rings is 1. The van der Waals surface area contributed by atoms with E-state index in [-0.39, 0.29) is 12.0 Å². The van der Waals surface area contributed by atoms with Crippen molar-refractivity contribution < 1.29 is 9.84 Å². The summed E-state index contributed by atoms with van der Waals surface area (Å²) in [6, 6.07) is 26.3. The fraction of sp³-hybridized carbons (Fsp3) is 0.250. The molecule has 0 aliphatic carbocycles. The number of ether oxygens (including phenoxy) is 1. The second kappa shape index (κ2) is 8.89. The predicted molar refractivity (Wildman–Crippen MR) is 114 cm³/mol. The largest absolute Gasteiger partial charge is 0.389 e. The first-order valence-corrected chi connectivity index (χ1v) is 10.0. The van der Waals surface area contributed by atoms with Gasteiger partial charge < -0.3 is 15.2 Å². The molecule has 4 heteroatoms. The molecule has 3 aromatic carbocycles. The van der Waals surface area contributed by atoms with Gasteiger partial charge in [0.15, 0.2) is 0 Å². The summed E-state index contributed by atoms with van der Waals surface area (Å²) in [5.41, 5.74) is 4.33.